The Morgan fingerprint density at radius 3 is 2.53 bits per heavy atom. The van der Waals surface area contributed by atoms with Crippen molar-refractivity contribution >= 4 is 27.9 Å². The molecule has 0 aliphatic heterocycles. The first-order valence-corrected chi connectivity index (χ1v) is 11.9. The van der Waals surface area contributed by atoms with Crippen LogP contribution in [0.4, 0.5) is 0 Å². The smallest absolute Gasteiger partial charge is 0.310 e. The highest BCUT2D eigenvalue weighted by molar-refractivity contribution is 6.09. The van der Waals surface area contributed by atoms with Crippen LogP contribution in [0.15, 0.2) is 82.0 Å². The lowest BCUT2D eigenvalue weighted by molar-refractivity contribution is -0.153. The van der Waals surface area contributed by atoms with E-state index in [-0.39, 0.29) is 19.0 Å². The number of fused-ring (bicyclic) bond motifs is 3. The van der Waals surface area contributed by atoms with Crippen LogP contribution >= 0.6 is 0 Å². The van der Waals surface area contributed by atoms with E-state index in [1.807, 2.05) is 63.2 Å². The van der Waals surface area contributed by atoms with Crippen LogP contribution in [0, 0.1) is 0 Å². The fraction of sp³-hybridized carbons (Fsp3) is 0.233. The van der Waals surface area contributed by atoms with E-state index < -0.39 is 5.60 Å². The SMILES string of the molecule is CC(C)(C)OC(=O)Cc1ccccc1OCc1coc2c1cc(-c1cccc(CN)c1)c1ccoc12. The normalized spacial score (nSPS) is 11.8. The number of esters is 1. The zero-order chi connectivity index (χ0) is 25.3. The molecule has 0 fully saturated rings. The van der Waals surface area contributed by atoms with Crippen molar-refractivity contribution in [1.82, 2.24) is 0 Å². The van der Waals surface area contributed by atoms with E-state index in [4.69, 9.17) is 24.0 Å². The Hall–Kier alpha value is -4.03. The maximum Gasteiger partial charge on any atom is 0.310 e. The van der Waals surface area contributed by atoms with Gasteiger partial charge in [0.2, 0.25) is 0 Å². The standard InChI is InChI=1S/C30H29NO5/c1-30(2,3)36-27(32)14-21-8-4-5-10-26(21)34-17-22-18-35-29-25(22)15-24(23-11-12-33-28(23)29)20-9-6-7-19(13-20)16-31/h4-13,15,18H,14,16-17,31H2,1-3H3. The van der Waals surface area contributed by atoms with Crippen molar-refractivity contribution in [3.8, 4) is 16.9 Å². The molecule has 0 saturated heterocycles. The monoisotopic (exact) mass is 483 g/mol. The summed E-state index contributed by atoms with van der Waals surface area (Å²) >= 11 is 0. The lowest BCUT2D eigenvalue weighted by Gasteiger charge is -2.20. The molecule has 0 aliphatic rings. The molecule has 5 rings (SSSR count). The molecule has 36 heavy (non-hydrogen) atoms. The molecular weight excluding hydrogens is 454 g/mol. The molecule has 3 aromatic carbocycles. The van der Waals surface area contributed by atoms with Crippen LogP contribution in [0.25, 0.3) is 33.1 Å². The summed E-state index contributed by atoms with van der Waals surface area (Å²) in [4.78, 5) is 12.4. The Balaban J connectivity index is 1.46. The first-order valence-electron chi connectivity index (χ1n) is 11.9. The number of hydrogen-bond acceptors (Lipinski definition) is 6. The van der Waals surface area contributed by atoms with Crippen molar-refractivity contribution in [2.45, 2.75) is 45.9 Å². The topological polar surface area (TPSA) is 87.8 Å². The van der Waals surface area contributed by atoms with Crippen LogP contribution in [0.2, 0.25) is 0 Å². The Morgan fingerprint density at radius 2 is 1.72 bits per heavy atom. The second-order valence-electron chi connectivity index (χ2n) is 9.79. The van der Waals surface area contributed by atoms with Crippen LogP contribution < -0.4 is 10.5 Å². The molecule has 0 spiro atoms. The van der Waals surface area contributed by atoms with Gasteiger partial charge in [-0.25, -0.2) is 0 Å². The van der Waals surface area contributed by atoms with Gasteiger partial charge in [-0.1, -0.05) is 36.4 Å². The predicted octanol–water partition coefficient (Wildman–Crippen LogP) is 6.77. The number of benzene rings is 3. The van der Waals surface area contributed by atoms with E-state index in [1.54, 1.807) is 12.5 Å². The maximum atomic E-state index is 12.4. The number of hydrogen-bond donors (Lipinski definition) is 1. The Labute approximate surface area is 209 Å². The molecule has 0 aliphatic carbocycles. The van der Waals surface area contributed by atoms with Crippen LogP contribution in [-0.2, 0) is 29.1 Å². The molecule has 2 heterocycles. The summed E-state index contributed by atoms with van der Waals surface area (Å²) in [6.07, 6.45) is 3.50. The van der Waals surface area contributed by atoms with Crippen molar-refractivity contribution in [1.29, 1.82) is 0 Å². The predicted molar refractivity (Wildman–Crippen MR) is 140 cm³/mol. The van der Waals surface area contributed by atoms with E-state index in [2.05, 4.69) is 18.2 Å². The maximum absolute atomic E-state index is 12.4. The average molecular weight is 484 g/mol. The molecule has 0 bridgehead atoms. The highest BCUT2D eigenvalue weighted by atomic mass is 16.6. The largest absolute Gasteiger partial charge is 0.488 e. The van der Waals surface area contributed by atoms with Crippen molar-refractivity contribution < 1.29 is 23.1 Å². The summed E-state index contributed by atoms with van der Waals surface area (Å²) in [5, 5.41) is 1.89. The van der Waals surface area contributed by atoms with Crippen molar-refractivity contribution in [2.24, 2.45) is 5.73 Å². The van der Waals surface area contributed by atoms with Crippen LogP contribution in [0.5, 0.6) is 5.75 Å². The van der Waals surface area contributed by atoms with Gasteiger partial charge >= 0.3 is 5.97 Å². The second-order valence-corrected chi connectivity index (χ2v) is 9.79. The fourth-order valence-electron chi connectivity index (χ4n) is 4.35. The molecule has 0 amide bonds. The summed E-state index contributed by atoms with van der Waals surface area (Å²) in [6.45, 7) is 6.31. The zero-order valence-electron chi connectivity index (χ0n) is 20.7. The minimum absolute atomic E-state index is 0.133. The molecule has 6 heteroatoms. The van der Waals surface area contributed by atoms with Gasteiger partial charge in [-0.3, -0.25) is 4.79 Å². The van der Waals surface area contributed by atoms with Gasteiger partial charge in [0.1, 0.15) is 18.0 Å². The number of furan rings is 2. The van der Waals surface area contributed by atoms with Crippen LogP contribution in [-0.4, -0.2) is 11.6 Å². The van der Waals surface area contributed by atoms with E-state index in [9.17, 15) is 4.79 Å². The Morgan fingerprint density at radius 1 is 0.917 bits per heavy atom. The molecule has 0 radical (unpaired) electrons. The molecule has 184 valence electrons. The van der Waals surface area contributed by atoms with Gasteiger partial charge in [0, 0.05) is 28.4 Å². The van der Waals surface area contributed by atoms with Gasteiger partial charge in [-0.2, -0.15) is 0 Å². The second kappa shape index (κ2) is 9.55. The third-order valence-corrected chi connectivity index (χ3v) is 5.94. The van der Waals surface area contributed by atoms with Crippen LogP contribution in [0.1, 0.15) is 37.5 Å². The van der Waals surface area contributed by atoms with E-state index >= 15 is 0 Å². The molecule has 2 N–H and O–H groups in total. The van der Waals surface area contributed by atoms with Crippen molar-refractivity contribution in [3.05, 3.63) is 89.9 Å². The van der Waals surface area contributed by atoms with Gasteiger partial charge in [-0.15, -0.1) is 0 Å². The van der Waals surface area contributed by atoms with Gasteiger partial charge in [0.25, 0.3) is 0 Å². The van der Waals surface area contributed by atoms with Crippen molar-refractivity contribution in [2.75, 3.05) is 0 Å². The lowest BCUT2D eigenvalue weighted by Crippen LogP contribution is -2.25. The number of carbonyl (C=O) groups is 1. The van der Waals surface area contributed by atoms with Gasteiger partial charge in [0.05, 0.1) is 18.9 Å². The Bertz CT molecular complexity index is 1540. The molecule has 0 saturated carbocycles. The van der Waals surface area contributed by atoms with Crippen LogP contribution in [0.3, 0.4) is 0 Å². The molecule has 0 unspecified atom stereocenters. The fourth-order valence-corrected chi connectivity index (χ4v) is 4.35. The third kappa shape index (κ3) is 4.86. The summed E-state index contributed by atoms with van der Waals surface area (Å²) in [5.74, 6) is 0.338. The van der Waals surface area contributed by atoms with Gasteiger partial charge in [-0.05, 0) is 61.7 Å². The van der Waals surface area contributed by atoms with Gasteiger partial charge < -0.3 is 24.0 Å². The summed E-state index contributed by atoms with van der Waals surface area (Å²) in [7, 11) is 0. The average Bonchev–Trinajstić information content (AvgIpc) is 3.49. The summed E-state index contributed by atoms with van der Waals surface area (Å²) in [6, 6.07) is 19.7. The quantitative estimate of drug-likeness (QED) is 0.257. The van der Waals surface area contributed by atoms with E-state index in [0.717, 1.165) is 38.6 Å². The molecular formula is C30H29NO5. The highest BCUT2D eigenvalue weighted by Crippen LogP contribution is 2.38. The molecule has 6 nitrogen and oxygen atoms in total. The summed E-state index contributed by atoms with van der Waals surface area (Å²) in [5.41, 5.74) is 11.5. The zero-order valence-corrected chi connectivity index (χ0v) is 20.7. The first kappa shape index (κ1) is 23.7. The van der Waals surface area contributed by atoms with Gasteiger partial charge in [0.15, 0.2) is 11.2 Å². The first-order chi connectivity index (χ1) is 17.3. The molecule has 0 atom stereocenters. The van der Waals surface area contributed by atoms with E-state index in [0.29, 0.717) is 23.5 Å². The highest BCUT2D eigenvalue weighted by Gasteiger charge is 2.20. The minimum Gasteiger partial charge on any atom is -0.488 e. The lowest BCUT2D eigenvalue weighted by atomic mass is 9.97. The number of ether oxygens (including phenoxy) is 2. The number of rotatable bonds is 7. The third-order valence-electron chi connectivity index (χ3n) is 5.94. The summed E-state index contributed by atoms with van der Waals surface area (Å²) < 4.78 is 23.4. The number of nitrogens with two attached hydrogens (primary N) is 1. The Kier molecular flexibility index (Phi) is 6.29. The van der Waals surface area contributed by atoms with Crippen molar-refractivity contribution in [3.63, 3.8) is 0 Å². The minimum atomic E-state index is -0.541. The number of para-hydroxylation sites is 1. The number of carbonyl (C=O) groups excluding carboxylic acids is 1. The molecule has 2 aromatic heterocycles. The van der Waals surface area contributed by atoms with E-state index in [1.165, 1.54) is 0 Å². The molecule has 5 aromatic rings.